The lowest BCUT2D eigenvalue weighted by Gasteiger charge is -2.28. The van der Waals surface area contributed by atoms with E-state index < -0.39 is 0 Å². The van der Waals surface area contributed by atoms with Gasteiger partial charge in [-0.05, 0) is 43.5 Å². The predicted molar refractivity (Wildman–Crippen MR) is 89.2 cm³/mol. The van der Waals surface area contributed by atoms with Crippen LogP contribution in [-0.4, -0.2) is 32.1 Å². The van der Waals surface area contributed by atoms with Gasteiger partial charge >= 0.3 is 0 Å². The van der Waals surface area contributed by atoms with Gasteiger partial charge < -0.3 is 15.0 Å². The van der Waals surface area contributed by atoms with Gasteiger partial charge in [-0.25, -0.2) is 0 Å². The number of nitrogens with one attached hydrogen (secondary N) is 1. The number of anilines is 2. The number of allylic oxidation sites excluding steroid dienone is 1. The number of morpholine rings is 1. The van der Waals surface area contributed by atoms with Crippen LogP contribution in [0.1, 0.15) is 26.2 Å². The van der Waals surface area contributed by atoms with Crippen molar-refractivity contribution in [1.29, 1.82) is 0 Å². The zero-order valence-corrected chi connectivity index (χ0v) is 13.2. The minimum atomic E-state index is 0.172. The van der Waals surface area contributed by atoms with E-state index in [1.54, 1.807) is 0 Å². The molecule has 0 bridgehead atoms. The third kappa shape index (κ3) is 3.50. The summed E-state index contributed by atoms with van der Waals surface area (Å²) >= 11 is 0. The van der Waals surface area contributed by atoms with Gasteiger partial charge in [-0.1, -0.05) is 6.92 Å². The average molecular weight is 300 g/mol. The van der Waals surface area contributed by atoms with Crippen LogP contribution < -0.4 is 10.2 Å². The molecule has 1 aliphatic carbocycles. The third-order valence-electron chi connectivity index (χ3n) is 4.50. The molecule has 4 nitrogen and oxygen atoms in total. The second kappa shape index (κ2) is 6.97. The van der Waals surface area contributed by atoms with E-state index in [1.165, 1.54) is 5.69 Å². The summed E-state index contributed by atoms with van der Waals surface area (Å²) in [5, 5.41) is 3.27. The summed E-state index contributed by atoms with van der Waals surface area (Å²) < 4.78 is 5.38. The van der Waals surface area contributed by atoms with E-state index in [0.717, 1.165) is 56.8 Å². The molecule has 0 radical (unpaired) electrons. The molecule has 1 heterocycles. The molecular formula is C18H24N2O2. The standard InChI is InChI=1S/C18H24N2O2/c1-14-3-2-4-15(18(14)21)13-19-16-5-7-17(8-6-16)20-9-11-22-12-10-20/h5-8,13-14,19H,2-4,9-12H2,1H3. The van der Waals surface area contributed by atoms with Gasteiger partial charge in [0.25, 0.3) is 0 Å². The summed E-state index contributed by atoms with van der Waals surface area (Å²) in [4.78, 5) is 14.4. The molecule has 0 aromatic heterocycles. The third-order valence-corrected chi connectivity index (χ3v) is 4.50. The quantitative estimate of drug-likeness (QED) is 0.870. The number of Topliss-reactive ketones (excluding diaryl/α,β-unsaturated/α-hetero) is 1. The van der Waals surface area contributed by atoms with Crippen LogP contribution in [0, 0.1) is 5.92 Å². The first-order chi connectivity index (χ1) is 10.7. The molecule has 1 atom stereocenters. The van der Waals surface area contributed by atoms with E-state index in [1.807, 2.05) is 13.1 Å². The molecule has 1 saturated heterocycles. The molecule has 0 spiro atoms. The number of ether oxygens (including phenoxy) is 1. The van der Waals surface area contributed by atoms with Gasteiger partial charge in [-0.3, -0.25) is 4.79 Å². The maximum atomic E-state index is 12.1. The molecule has 2 fully saturated rings. The van der Waals surface area contributed by atoms with E-state index in [-0.39, 0.29) is 5.92 Å². The van der Waals surface area contributed by atoms with Gasteiger partial charge in [0.2, 0.25) is 0 Å². The molecule has 4 heteroatoms. The number of hydrogen-bond donors (Lipinski definition) is 1. The van der Waals surface area contributed by atoms with Crippen molar-refractivity contribution in [2.45, 2.75) is 26.2 Å². The number of rotatable bonds is 3. The number of ketones is 1. The predicted octanol–water partition coefficient (Wildman–Crippen LogP) is 3.21. The van der Waals surface area contributed by atoms with Gasteiger partial charge in [0, 0.05) is 42.2 Å². The van der Waals surface area contributed by atoms with Crippen LogP contribution in [0.25, 0.3) is 0 Å². The van der Waals surface area contributed by atoms with Crippen LogP contribution >= 0.6 is 0 Å². The highest BCUT2D eigenvalue weighted by molar-refractivity contribution is 5.97. The molecule has 2 aliphatic rings. The summed E-state index contributed by atoms with van der Waals surface area (Å²) in [6, 6.07) is 8.38. The van der Waals surface area contributed by atoms with Gasteiger partial charge in [-0.2, -0.15) is 0 Å². The number of nitrogens with zero attached hydrogens (tertiary/aromatic N) is 1. The summed E-state index contributed by atoms with van der Waals surface area (Å²) in [6.07, 6.45) is 4.91. The van der Waals surface area contributed by atoms with Crippen molar-refractivity contribution in [2.75, 3.05) is 36.5 Å². The number of carbonyl (C=O) groups excluding carboxylic acids is 1. The van der Waals surface area contributed by atoms with Gasteiger partial charge in [0.1, 0.15) is 0 Å². The fourth-order valence-electron chi connectivity index (χ4n) is 3.07. The minimum Gasteiger partial charge on any atom is -0.378 e. The molecule has 1 aromatic rings. The zero-order chi connectivity index (χ0) is 15.4. The first-order valence-electron chi connectivity index (χ1n) is 8.16. The van der Waals surface area contributed by atoms with Crippen molar-refractivity contribution in [1.82, 2.24) is 0 Å². The van der Waals surface area contributed by atoms with Crippen LogP contribution in [0.5, 0.6) is 0 Å². The lowest BCUT2D eigenvalue weighted by atomic mass is 9.86. The van der Waals surface area contributed by atoms with Crippen LogP contribution in [-0.2, 0) is 9.53 Å². The highest BCUT2D eigenvalue weighted by Gasteiger charge is 2.22. The lowest BCUT2D eigenvalue weighted by Crippen LogP contribution is -2.36. The van der Waals surface area contributed by atoms with Crippen molar-refractivity contribution in [2.24, 2.45) is 5.92 Å². The molecule has 1 aromatic carbocycles. The summed E-state index contributed by atoms with van der Waals surface area (Å²) in [5.74, 6) is 0.467. The SMILES string of the molecule is CC1CCCC(=CNc2ccc(N3CCOCC3)cc2)C1=O. The minimum absolute atomic E-state index is 0.172. The molecule has 0 amide bonds. The Labute approximate surface area is 132 Å². The molecule has 1 N–H and O–H groups in total. The van der Waals surface area contributed by atoms with Crippen molar-refractivity contribution in [3.63, 3.8) is 0 Å². The first kappa shape index (κ1) is 15.1. The van der Waals surface area contributed by atoms with E-state index in [4.69, 9.17) is 4.74 Å². The largest absolute Gasteiger partial charge is 0.378 e. The smallest absolute Gasteiger partial charge is 0.163 e. The van der Waals surface area contributed by atoms with Crippen LogP contribution in [0.2, 0.25) is 0 Å². The average Bonchev–Trinajstić information content (AvgIpc) is 2.57. The Kier molecular flexibility index (Phi) is 4.78. The maximum absolute atomic E-state index is 12.1. The fourth-order valence-corrected chi connectivity index (χ4v) is 3.07. The van der Waals surface area contributed by atoms with Crippen molar-refractivity contribution in [3.05, 3.63) is 36.0 Å². The van der Waals surface area contributed by atoms with Gasteiger partial charge in [0.15, 0.2) is 5.78 Å². The molecule has 118 valence electrons. The highest BCUT2D eigenvalue weighted by atomic mass is 16.5. The van der Waals surface area contributed by atoms with Crippen molar-refractivity contribution in [3.8, 4) is 0 Å². The van der Waals surface area contributed by atoms with E-state index in [9.17, 15) is 4.79 Å². The Bertz CT molecular complexity index is 545. The Hall–Kier alpha value is -1.81. The van der Waals surface area contributed by atoms with E-state index >= 15 is 0 Å². The maximum Gasteiger partial charge on any atom is 0.163 e. The Morgan fingerprint density at radius 3 is 2.68 bits per heavy atom. The molecule has 1 unspecified atom stereocenters. The summed E-state index contributed by atoms with van der Waals surface area (Å²) in [6.45, 7) is 5.51. The van der Waals surface area contributed by atoms with Crippen LogP contribution in [0.3, 0.4) is 0 Å². The molecule has 3 rings (SSSR count). The monoisotopic (exact) mass is 300 g/mol. The highest BCUT2D eigenvalue weighted by Crippen LogP contribution is 2.25. The van der Waals surface area contributed by atoms with E-state index in [0.29, 0.717) is 5.78 Å². The fraction of sp³-hybridized carbons (Fsp3) is 0.500. The van der Waals surface area contributed by atoms with Gasteiger partial charge in [0.05, 0.1) is 13.2 Å². The van der Waals surface area contributed by atoms with Crippen LogP contribution in [0.15, 0.2) is 36.0 Å². The zero-order valence-electron chi connectivity index (χ0n) is 13.2. The van der Waals surface area contributed by atoms with E-state index in [2.05, 4.69) is 34.5 Å². The molecule has 1 aliphatic heterocycles. The van der Waals surface area contributed by atoms with Crippen LogP contribution in [0.4, 0.5) is 11.4 Å². The van der Waals surface area contributed by atoms with Gasteiger partial charge in [-0.15, -0.1) is 0 Å². The Morgan fingerprint density at radius 2 is 1.95 bits per heavy atom. The molecule has 1 saturated carbocycles. The second-order valence-corrected chi connectivity index (χ2v) is 6.12. The second-order valence-electron chi connectivity index (χ2n) is 6.12. The number of carbonyl (C=O) groups is 1. The lowest BCUT2D eigenvalue weighted by molar-refractivity contribution is -0.119. The molecular weight excluding hydrogens is 276 g/mol. The number of hydrogen-bond acceptors (Lipinski definition) is 4. The van der Waals surface area contributed by atoms with Crippen molar-refractivity contribution < 1.29 is 9.53 Å². The summed E-state index contributed by atoms with van der Waals surface area (Å²) in [5.41, 5.74) is 3.18. The van der Waals surface area contributed by atoms with Crippen molar-refractivity contribution >= 4 is 17.2 Å². The normalized spacial score (nSPS) is 24.6. The summed E-state index contributed by atoms with van der Waals surface area (Å²) in [7, 11) is 0. The Morgan fingerprint density at radius 1 is 1.23 bits per heavy atom. The Balaban J connectivity index is 1.62. The first-order valence-corrected chi connectivity index (χ1v) is 8.16. The molecule has 22 heavy (non-hydrogen) atoms. The topological polar surface area (TPSA) is 41.6 Å². The number of benzene rings is 1.